The quantitative estimate of drug-likeness (QED) is 0.736. The van der Waals surface area contributed by atoms with Crippen LogP contribution in [0.3, 0.4) is 0 Å². The van der Waals surface area contributed by atoms with Gasteiger partial charge in [0.15, 0.2) is 21.4 Å². The van der Waals surface area contributed by atoms with E-state index < -0.39 is 15.7 Å². The Hall–Kier alpha value is -1.43. The number of carbonyl (C=O) groups excluding carboxylic acids is 1. The third kappa shape index (κ3) is 5.27. The van der Waals surface area contributed by atoms with Crippen LogP contribution in [-0.2, 0) is 21.1 Å². The predicted octanol–water partition coefficient (Wildman–Crippen LogP) is 3.58. The molecule has 0 bridgehead atoms. The topological polar surface area (TPSA) is 60.4 Å². The van der Waals surface area contributed by atoms with Gasteiger partial charge in [-0.25, -0.2) is 12.8 Å². The first-order valence-corrected chi connectivity index (χ1v) is 10.5. The molecule has 25 heavy (non-hydrogen) atoms. The molecule has 0 saturated heterocycles. The fourth-order valence-corrected chi connectivity index (χ4v) is 4.71. The monoisotopic (exact) mass is 370 g/mol. The SMILES string of the molecule is COc1ccc(CC(=O)C2CCC(CS(=O)(=O)C(C)C)CC2)cc1F. The lowest BCUT2D eigenvalue weighted by Crippen LogP contribution is -2.29. The van der Waals surface area contributed by atoms with Crippen molar-refractivity contribution < 1.29 is 22.3 Å². The van der Waals surface area contributed by atoms with Gasteiger partial charge in [-0.05, 0) is 63.1 Å². The lowest BCUT2D eigenvalue weighted by atomic mass is 9.79. The van der Waals surface area contributed by atoms with Gasteiger partial charge in [0.2, 0.25) is 0 Å². The van der Waals surface area contributed by atoms with Gasteiger partial charge in [0, 0.05) is 12.3 Å². The Labute approximate surface area is 149 Å². The van der Waals surface area contributed by atoms with Gasteiger partial charge in [0.25, 0.3) is 0 Å². The Morgan fingerprint density at radius 1 is 1.24 bits per heavy atom. The van der Waals surface area contributed by atoms with Crippen LogP contribution in [0.15, 0.2) is 18.2 Å². The minimum atomic E-state index is -3.03. The average Bonchev–Trinajstić information content (AvgIpc) is 2.55. The number of ketones is 1. The zero-order valence-corrected chi connectivity index (χ0v) is 15.9. The molecule has 0 heterocycles. The number of carbonyl (C=O) groups is 1. The second kappa shape index (κ2) is 8.30. The molecule has 1 aromatic rings. The number of hydrogen-bond donors (Lipinski definition) is 0. The number of Topliss-reactive ketones (excluding diaryl/α,β-unsaturated/α-hetero) is 1. The van der Waals surface area contributed by atoms with Crippen LogP contribution < -0.4 is 4.74 Å². The highest BCUT2D eigenvalue weighted by molar-refractivity contribution is 7.91. The van der Waals surface area contributed by atoms with Crippen LogP contribution in [0.4, 0.5) is 4.39 Å². The number of ether oxygens (including phenoxy) is 1. The van der Waals surface area contributed by atoms with Crippen molar-refractivity contribution in [3.05, 3.63) is 29.6 Å². The van der Waals surface area contributed by atoms with Crippen LogP contribution >= 0.6 is 0 Å². The molecule has 1 aliphatic rings. The number of rotatable bonds is 7. The van der Waals surface area contributed by atoms with Gasteiger partial charge in [-0.15, -0.1) is 0 Å². The summed E-state index contributed by atoms with van der Waals surface area (Å²) in [6, 6.07) is 4.59. The van der Waals surface area contributed by atoms with E-state index in [0.29, 0.717) is 5.56 Å². The van der Waals surface area contributed by atoms with E-state index in [2.05, 4.69) is 0 Å². The second-order valence-corrected chi connectivity index (χ2v) is 9.81. The Bertz CT molecular complexity index is 704. The molecule has 0 aliphatic heterocycles. The largest absolute Gasteiger partial charge is 0.494 e. The van der Waals surface area contributed by atoms with Crippen molar-refractivity contribution in [1.82, 2.24) is 0 Å². The van der Waals surface area contributed by atoms with Gasteiger partial charge >= 0.3 is 0 Å². The van der Waals surface area contributed by atoms with Crippen LogP contribution in [-0.4, -0.2) is 32.3 Å². The first-order valence-electron chi connectivity index (χ1n) is 8.79. The van der Waals surface area contributed by atoms with Crippen molar-refractivity contribution in [2.45, 2.75) is 51.2 Å². The maximum Gasteiger partial charge on any atom is 0.165 e. The zero-order valence-electron chi connectivity index (χ0n) is 15.1. The summed E-state index contributed by atoms with van der Waals surface area (Å²) in [4.78, 5) is 12.5. The standard InChI is InChI=1S/C19H27FO4S/c1-13(2)25(22,23)12-14-4-7-16(8-5-14)18(21)11-15-6-9-19(24-3)17(20)10-15/h6,9-10,13-14,16H,4-5,7-8,11-12H2,1-3H3. The number of benzene rings is 1. The van der Waals surface area contributed by atoms with E-state index >= 15 is 0 Å². The zero-order chi connectivity index (χ0) is 18.6. The third-order valence-electron chi connectivity index (χ3n) is 5.08. The fourth-order valence-electron chi connectivity index (χ4n) is 3.34. The molecule has 0 radical (unpaired) electrons. The summed E-state index contributed by atoms with van der Waals surface area (Å²) in [6.45, 7) is 3.41. The van der Waals surface area contributed by atoms with Crippen LogP contribution in [0, 0.1) is 17.7 Å². The van der Waals surface area contributed by atoms with Crippen LogP contribution in [0.25, 0.3) is 0 Å². The molecule has 0 spiro atoms. The van der Waals surface area contributed by atoms with Crippen LogP contribution in [0.1, 0.15) is 45.1 Å². The van der Waals surface area contributed by atoms with E-state index in [1.54, 1.807) is 19.9 Å². The second-order valence-electron chi connectivity index (χ2n) is 7.21. The average molecular weight is 370 g/mol. The molecule has 0 atom stereocenters. The molecule has 140 valence electrons. The van der Waals surface area contributed by atoms with E-state index in [1.165, 1.54) is 19.2 Å². The van der Waals surface area contributed by atoms with E-state index in [9.17, 15) is 17.6 Å². The van der Waals surface area contributed by atoms with Gasteiger partial charge in [0.1, 0.15) is 5.78 Å². The van der Waals surface area contributed by atoms with Crippen molar-refractivity contribution in [1.29, 1.82) is 0 Å². The summed E-state index contributed by atoms with van der Waals surface area (Å²) < 4.78 is 42.7. The predicted molar refractivity (Wildman–Crippen MR) is 96.0 cm³/mol. The van der Waals surface area contributed by atoms with Crippen molar-refractivity contribution in [2.24, 2.45) is 11.8 Å². The molecule has 0 aromatic heterocycles. The maximum atomic E-state index is 13.7. The third-order valence-corrected chi connectivity index (χ3v) is 7.46. The highest BCUT2D eigenvalue weighted by Gasteiger charge is 2.30. The van der Waals surface area contributed by atoms with Crippen LogP contribution in [0.2, 0.25) is 0 Å². The summed E-state index contributed by atoms with van der Waals surface area (Å²) in [5.41, 5.74) is 0.646. The van der Waals surface area contributed by atoms with Gasteiger partial charge in [-0.3, -0.25) is 4.79 Å². The first-order chi connectivity index (χ1) is 11.7. The Balaban J connectivity index is 1.88. The van der Waals surface area contributed by atoms with Crippen LogP contribution in [0.5, 0.6) is 5.75 Å². The maximum absolute atomic E-state index is 13.7. The van der Waals surface area contributed by atoms with E-state index in [0.717, 1.165) is 25.7 Å². The first kappa shape index (κ1) is 19.9. The molecular formula is C19H27FO4S. The molecule has 0 unspecified atom stereocenters. The molecule has 1 aromatic carbocycles. The van der Waals surface area contributed by atoms with Crippen molar-refractivity contribution in [2.75, 3.05) is 12.9 Å². The Morgan fingerprint density at radius 2 is 1.88 bits per heavy atom. The normalized spacial score (nSPS) is 21.3. The van der Waals surface area contributed by atoms with Crippen molar-refractivity contribution in [3.63, 3.8) is 0 Å². The molecule has 0 N–H and O–H groups in total. The van der Waals surface area contributed by atoms with E-state index in [-0.39, 0.29) is 40.8 Å². The molecule has 0 amide bonds. The van der Waals surface area contributed by atoms with E-state index in [1.807, 2.05) is 0 Å². The van der Waals surface area contributed by atoms with Crippen molar-refractivity contribution in [3.8, 4) is 5.75 Å². The van der Waals surface area contributed by atoms with E-state index in [4.69, 9.17) is 4.74 Å². The molecule has 2 rings (SSSR count). The summed E-state index contributed by atoms with van der Waals surface area (Å²) in [5.74, 6) is 0.126. The molecule has 1 saturated carbocycles. The molecular weight excluding hydrogens is 343 g/mol. The number of methoxy groups -OCH3 is 1. The van der Waals surface area contributed by atoms with Gasteiger partial charge in [-0.2, -0.15) is 0 Å². The molecule has 6 heteroatoms. The lowest BCUT2D eigenvalue weighted by molar-refractivity contribution is -0.123. The molecule has 1 aliphatic carbocycles. The minimum absolute atomic E-state index is 0.0526. The summed E-state index contributed by atoms with van der Waals surface area (Å²) >= 11 is 0. The number of halogens is 1. The smallest absolute Gasteiger partial charge is 0.165 e. The summed E-state index contributed by atoms with van der Waals surface area (Å²) in [5, 5.41) is -0.350. The van der Waals surface area contributed by atoms with Crippen molar-refractivity contribution >= 4 is 15.6 Å². The molecule has 1 fully saturated rings. The van der Waals surface area contributed by atoms with Gasteiger partial charge in [-0.1, -0.05) is 6.07 Å². The van der Waals surface area contributed by atoms with Gasteiger partial charge < -0.3 is 4.74 Å². The highest BCUT2D eigenvalue weighted by Crippen LogP contribution is 2.32. The number of hydrogen-bond acceptors (Lipinski definition) is 4. The minimum Gasteiger partial charge on any atom is -0.494 e. The Morgan fingerprint density at radius 3 is 2.40 bits per heavy atom. The number of sulfone groups is 1. The lowest BCUT2D eigenvalue weighted by Gasteiger charge is -2.28. The highest BCUT2D eigenvalue weighted by atomic mass is 32.2. The Kier molecular flexibility index (Phi) is 6.60. The summed E-state index contributed by atoms with van der Waals surface area (Å²) in [6.07, 6.45) is 3.17. The molecule has 4 nitrogen and oxygen atoms in total. The summed E-state index contributed by atoms with van der Waals surface area (Å²) in [7, 11) is -1.63. The van der Waals surface area contributed by atoms with Gasteiger partial charge in [0.05, 0.1) is 18.1 Å². The fraction of sp³-hybridized carbons (Fsp3) is 0.632.